The van der Waals surface area contributed by atoms with Crippen LogP contribution in [0.3, 0.4) is 0 Å². The summed E-state index contributed by atoms with van der Waals surface area (Å²) in [6.45, 7) is 0. The minimum atomic E-state index is 0.178. The Morgan fingerprint density at radius 1 is 1.15 bits per heavy atom. The molecular weight excluding hydrogens is 172 g/mol. The zero-order valence-corrected chi connectivity index (χ0v) is 6.73. The lowest BCUT2D eigenvalue weighted by Crippen LogP contribution is -1.87. The lowest BCUT2D eigenvalue weighted by atomic mass is 10.7. The average molecular weight is 182 g/mol. The Hall–Kier alpha value is -2.25. The van der Waals surface area contributed by atoms with Gasteiger partial charge in [-0.25, -0.2) is 5.10 Å². The third kappa shape index (κ3) is 3.10. The highest BCUT2D eigenvalue weighted by molar-refractivity contribution is 5.23. The van der Waals surface area contributed by atoms with Crippen LogP contribution in [0.5, 0.6) is 0 Å². The summed E-state index contributed by atoms with van der Waals surface area (Å²) in [5.41, 5.74) is 15.2. The van der Waals surface area contributed by atoms with Gasteiger partial charge in [0.2, 0.25) is 11.9 Å². The van der Waals surface area contributed by atoms with Gasteiger partial charge in [0.05, 0.1) is 0 Å². The third-order valence-electron chi connectivity index (χ3n) is 1.04. The van der Waals surface area contributed by atoms with Gasteiger partial charge in [0.1, 0.15) is 5.82 Å². The Labute approximate surface area is 73.5 Å². The third-order valence-corrected chi connectivity index (χ3v) is 1.04. The molecule has 0 amide bonds. The van der Waals surface area contributed by atoms with Gasteiger partial charge in [-0.15, -0.1) is 5.10 Å². The van der Waals surface area contributed by atoms with Gasteiger partial charge in [-0.3, -0.25) is 5.10 Å². The summed E-state index contributed by atoms with van der Waals surface area (Å²) in [6.07, 6.45) is 1.68. The first-order valence-corrected chi connectivity index (χ1v) is 3.37. The van der Waals surface area contributed by atoms with Crippen LogP contribution in [-0.2, 0) is 0 Å². The number of anilines is 3. The van der Waals surface area contributed by atoms with Crippen molar-refractivity contribution in [3.8, 4) is 0 Å². The van der Waals surface area contributed by atoms with Crippen molar-refractivity contribution < 1.29 is 0 Å². The van der Waals surface area contributed by atoms with Crippen LogP contribution in [0.15, 0.2) is 12.3 Å². The first-order valence-electron chi connectivity index (χ1n) is 3.37. The predicted octanol–water partition coefficient (Wildman–Crippen LogP) is -1.04. The van der Waals surface area contributed by atoms with Crippen molar-refractivity contribution in [2.75, 3.05) is 17.2 Å². The highest BCUT2D eigenvalue weighted by atomic mass is 15.3. The Morgan fingerprint density at radius 3 is 2.08 bits per heavy atom. The first-order chi connectivity index (χ1) is 6.18. The molecule has 2 heterocycles. The van der Waals surface area contributed by atoms with E-state index in [0.29, 0.717) is 5.82 Å². The quantitative estimate of drug-likeness (QED) is 0.351. The number of nitrogens with zero attached hydrogens (tertiary/aromatic N) is 3. The monoisotopic (exact) mass is 182 g/mol. The maximum absolute atomic E-state index is 5.14. The normalized spacial score (nSPS) is 8.92. The van der Waals surface area contributed by atoms with Gasteiger partial charge in [-0.2, -0.15) is 10.1 Å². The van der Waals surface area contributed by atoms with Crippen molar-refractivity contribution in [2.45, 2.75) is 0 Å². The van der Waals surface area contributed by atoms with E-state index in [0.717, 1.165) is 0 Å². The average Bonchev–Trinajstić information content (AvgIpc) is 2.64. The number of nitrogens with two attached hydrogens (primary N) is 3. The Bertz CT molecular complexity index is 319. The van der Waals surface area contributed by atoms with Crippen LogP contribution in [0.4, 0.5) is 17.7 Å². The molecule has 0 saturated heterocycles. The van der Waals surface area contributed by atoms with Gasteiger partial charge in [0.25, 0.3) is 0 Å². The first kappa shape index (κ1) is 8.84. The molecule has 0 aromatic carbocycles. The van der Waals surface area contributed by atoms with Crippen LogP contribution < -0.4 is 17.2 Å². The molecule has 70 valence electrons. The number of hydrogen-bond donors (Lipinski definition) is 5. The molecular formula is C5H10N8. The number of hydrogen-bond acceptors (Lipinski definition) is 6. The number of aromatic nitrogens is 5. The fourth-order valence-corrected chi connectivity index (χ4v) is 0.560. The molecule has 8 nitrogen and oxygen atoms in total. The molecule has 0 bridgehead atoms. The zero-order valence-electron chi connectivity index (χ0n) is 6.73. The molecule has 8 N–H and O–H groups in total. The summed E-state index contributed by atoms with van der Waals surface area (Å²) >= 11 is 0. The molecule has 0 fully saturated rings. The van der Waals surface area contributed by atoms with Crippen LogP contribution in [0.25, 0.3) is 0 Å². The van der Waals surface area contributed by atoms with E-state index < -0.39 is 0 Å². The number of nitrogens with one attached hydrogen (secondary N) is 2. The van der Waals surface area contributed by atoms with Crippen LogP contribution in [0.1, 0.15) is 0 Å². The van der Waals surface area contributed by atoms with E-state index in [1.165, 1.54) is 0 Å². The van der Waals surface area contributed by atoms with Gasteiger partial charge in [-0.1, -0.05) is 0 Å². The fourth-order valence-electron chi connectivity index (χ4n) is 0.560. The van der Waals surface area contributed by atoms with E-state index >= 15 is 0 Å². The van der Waals surface area contributed by atoms with Crippen molar-refractivity contribution in [1.29, 1.82) is 0 Å². The summed E-state index contributed by atoms with van der Waals surface area (Å²) in [5, 5.41) is 11.9. The van der Waals surface area contributed by atoms with Crippen LogP contribution >= 0.6 is 0 Å². The Balaban J connectivity index is 0.000000132. The number of nitrogen functional groups attached to an aromatic ring is 3. The largest absolute Gasteiger partial charge is 0.382 e. The molecule has 2 rings (SSSR count). The van der Waals surface area contributed by atoms with Crippen molar-refractivity contribution in [3.63, 3.8) is 0 Å². The van der Waals surface area contributed by atoms with E-state index in [1.54, 1.807) is 12.3 Å². The van der Waals surface area contributed by atoms with Gasteiger partial charge >= 0.3 is 0 Å². The minimum Gasteiger partial charge on any atom is -0.382 e. The second kappa shape index (κ2) is 3.95. The van der Waals surface area contributed by atoms with E-state index in [4.69, 9.17) is 17.2 Å². The van der Waals surface area contributed by atoms with Gasteiger partial charge in [0.15, 0.2) is 0 Å². The second-order valence-corrected chi connectivity index (χ2v) is 2.08. The molecule has 8 heteroatoms. The molecule has 0 spiro atoms. The van der Waals surface area contributed by atoms with E-state index in [9.17, 15) is 0 Å². The molecule has 0 atom stereocenters. The summed E-state index contributed by atoms with van der Waals surface area (Å²) in [6, 6.07) is 1.69. The summed E-state index contributed by atoms with van der Waals surface area (Å²) in [7, 11) is 0. The molecule has 0 radical (unpaired) electrons. The lowest BCUT2D eigenvalue weighted by molar-refractivity contribution is 1.10. The molecule has 0 aliphatic carbocycles. The van der Waals surface area contributed by atoms with E-state index in [1.807, 2.05) is 0 Å². The Kier molecular flexibility index (Phi) is 2.69. The molecule has 2 aromatic heterocycles. The highest BCUT2D eigenvalue weighted by Crippen LogP contribution is 1.89. The van der Waals surface area contributed by atoms with Crippen molar-refractivity contribution in [2.24, 2.45) is 0 Å². The van der Waals surface area contributed by atoms with Crippen molar-refractivity contribution in [1.82, 2.24) is 25.4 Å². The molecule has 13 heavy (non-hydrogen) atoms. The molecule has 0 aliphatic rings. The highest BCUT2D eigenvalue weighted by Gasteiger charge is 1.87. The zero-order chi connectivity index (χ0) is 9.68. The number of H-pyrrole nitrogens is 2. The second-order valence-electron chi connectivity index (χ2n) is 2.08. The molecule has 2 aromatic rings. The van der Waals surface area contributed by atoms with E-state index in [-0.39, 0.29) is 11.9 Å². The maximum Gasteiger partial charge on any atom is 0.241 e. The number of aromatic amines is 2. The summed E-state index contributed by atoms with van der Waals surface area (Å²) < 4.78 is 0. The maximum atomic E-state index is 5.14. The topological polar surface area (TPSA) is 148 Å². The van der Waals surface area contributed by atoms with Gasteiger partial charge in [-0.05, 0) is 6.07 Å². The summed E-state index contributed by atoms with van der Waals surface area (Å²) in [4.78, 5) is 3.50. The molecule has 0 unspecified atom stereocenters. The molecule has 0 saturated carbocycles. The predicted molar refractivity (Wildman–Crippen MR) is 48.2 cm³/mol. The molecule has 0 aliphatic heterocycles. The smallest absolute Gasteiger partial charge is 0.241 e. The fraction of sp³-hybridized carbons (Fsp3) is 0. The van der Waals surface area contributed by atoms with Gasteiger partial charge < -0.3 is 17.2 Å². The lowest BCUT2D eigenvalue weighted by Gasteiger charge is -1.69. The van der Waals surface area contributed by atoms with Crippen LogP contribution in [-0.4, -0.2) is 25.4 Å². The van der Waals surface area contributed by atoms with Crippen molar-refractivity contribution in [3.05, 3.63) is 12.3 Å². The number of rotatable bonds is 0. The SMILES string of the molecule is Nc1cc[nH]n1.Nc1n[nH]c(N)n1. The van der Waals surface area contributed by atoms with Crippen LogP contribution in [0, 0.1) is 0 Å². The Morgan fingerprint density at radius 2 is 1.92 bits per heavy atom. The van der Waals surface area contributed by atoms with E-state index in [2.05, 4.69) is 25.4 Å². The van der Waals surface area contributed by atoms with Crippen molar-refractivity contribution >= 4 is 17.7 Å². The standard InChI is InChI=1S/C3H5N3.C2H5N5/c4-3-1-2-5-6-3;3-1-5-2(4)7-6-1/h1-2H,(H3,4,5,6);(H5,3,4,5,6,7). The minimum absolute atomic E-state index is 0.178. The summed E-state index contributed by atoms with van der Waals surface area (Å²) in [5.74, 6) is 0.963. The van der Waals surface area contributed by atoms with Crippen LogP contribution in [0.2, 0.25) is 0 Å². The van der Waals surface area contributed by atoms with Gasteiger partial charge in [0, 0.05) is 6.20 Å².